The number of hydrogen-bond donors (Lipinski definition) is 2. The Balaban J connectivity index is 1.47. The van der Waals surface area contributed by atoms with Crippen molar-refractivity contribution in [1.29, 1.82) is 0 Å². The Morgan fingerprint density at radius 2 is 1.74 bits per heavy atom. The van der Waals surface area contributed by atoms with E-state index in [4.69, 9.17) is 9.56 Å². The Morgan fingerprint density at radius 1 is 1.00 bits per heavy atom. The van der Waals surface area contributed by atoms with Gasteiger partial charge in [0.1, 0.15) is 11.5 Å². The summed E-state index contributed by atoms with van der Waals surface area (Å²) in [4.78, 5) is 12.6. The maximum Gasteiger partial charge on any atom is 0.264 e. The predicted molar refractivity (Wildman–Crippen MR) is 121 cm³/mol. The minimum atomic E-state index is -3.75. The summed E-state index contributed by atoms with van der Waals surface area (Å²) in [7, 11) is -3.75. The highest BCUT2D eigenvalue weighted by molar-refractivity contribution is 8.18. The third-order valence-corrected chi connectivity index (χ3v) is 6.00. The molecule has 1 aliphatic heterocycles. The summed E-state index contributed by atoms with van der Waals surface area (Å²) >= 11 is 1.15. The van der Waals surface area contributed by atoms with Crippen molar-refractivity contribution in [2.45, 2.75) is 4.90 Å². The predicted octanol–water partition coefficient (Wildman–Crippen LogP) is 3.19. The molecule has 0 spiro atoms. The first-order valence-electron chi connectivity index (χ1n) is 8.98. The van der Waals surface area contributed by atoms with Crippen molar-refractivity contribution in [3.05, 3.63) is 83.0 Å². The van der Waals surface area contributed by atoms with Crippen molar-refractivity contribution in [1.82, 2.24) is 5.32 Å². The average Bonchev–Trinajstić information content (AvgIpc) is 3.35. The molecule has 8 nitrogen and oxygen atoms in total. The van der Waals surface area contributed by atoms with Gasteiger partial charge in [-0.25, -0.2) is 13.6 Å². The Hall–Kier alpha value is -3.47. The fraction of sp³-hybridized carbons (Fsp3) is 0. The number of nitrogens with two attached hydrogens (primary N) is 1. The first-order valence-corrected chi connectivity index (χ1v) is 11.3. The first-order chi connectivity index (χ1) is 14.9. The lowest BCUT2D eigenvalue weighted by Gasteiger charge is -2.00. The van der Waals surface area contributed by atoms with Gasteiger partial charge < -0.3 is 4.42 Å². The van der Waals surface area contributed by atoms with E-state index in [1.807, 2.05) is 30.3 Å². The average molecular weight is 453 g/mol. The van der Waals surface area contributed by atoms with Crippen LogP contribution in [0.2, 0.25) is 0 Å². The molecule has 3 N–H and O–H groups in total. The molecule has 156 valence electrons. The number of sulfonamides is 1. The van der Waals surface area contributed by atoms with Gasteiger partial charge in [0.05, 0.1) is 16.0 Å². The van der Waals surface area contributed by atoms with Crippen molar-refractivity contribution in [3.8, 4) is 11.3 Å². The summed E-state index contributed by atoms with van der Waals surface area (Å²) in [6.45, 7) is 0. The van der Waals surface area contributed by atoms with Crippen LogP contribution in [-0.4, -0.2) is 25.7 Å². The molecule has 1 aromatic heterocycles. The zero-order valence-corrected chi connectivity index (χ0v) is 17.6. The largest absolute Gasteiger partial charge is 0.457 e. The van der Waals surface area contributed by atoms with Crippen LogP contribution in [0.3, 0.4) is 0 Å². The smallest absolute Gasteiger partial charge is 0.264 e. The molecule has 2 heterocycles. The molecular formula is C21H16N4O4S2. The van der Waals surface area contributed by atoms with Gasteiger partial charge in [-0.05, 0) is 53.7 Å². The van der Waals surface area contributed by atoms with E-state index in [0.717, 1.165) is 17.3 Å². The molecule has 10 heteroatoms. The van der Waals surface area contributed by atoms with Crippen molar-refractivity contribution in [3.63, 3.8) is 0 Å². The molecule has 0 unspecified atom stereocenters. The third kappa shape index (κ3) is 5.18. The number of amides is 1. The van der Waals surface area contributed by atoms with Crippen LogP contribution < -0.4 is 10.5 Å². The topological polar surface area (TPSA) is 127 Å². The van der Waals surface area contributed by atoms with E-state index in [-0.39, 0.29) is 10.8 Å². The van der Waals surface area contributed by atoms with Crippen molar-refractivity contribution >= 4 is 45.2 Å². The van der Waals surface area contributed by atoms with Crippen LogP contribution in [0.15, 0.2) is 91.2 Å². The zero-order chi connectivity index (χ0) is 21.8. The van der Waals surface area contributed by atoms with Crippen LogP contribution in [0.5, 0.6) is 0 Å². The van der Waals surface area contributed by atoms with Crippen LogP contribution >= 0.6 is 11.8 Å². The minimum absolute atomic E-state index is 0.0194. The van der Waals surface area contributed by atoms with E-state index in [9.17, 15) is 13.2 Å². The second-order valence-electron chi connectivity index (χ2n) is 6.40. The number of furan rings is 1. The summed E-state index contributed by atoms with van der Waals surface area (Å²) in [5.74, 6) is 0.698. The van der Waals surface area contributed by atoms with Gasteiger partial charge in [-0.2, -0.15) is 5.10 Å². The molecule has 0 saturated carbocycles. The summed E-state index contributed by atoms with van der Waals surface area (Å²) in [6.07, 6.45) is 3.20. The van der Waals surface area contributed by atoms with Gasteiger partial charge in [-0.3, -0.25) is 10.1 Å². The second kappa shape index (κ2) is 8.72. The van der Waals surface area contributed by atoms with E-state index in [1.165, 1.54) is 12.1 Å². The van der Waals surface area contributed by atoms with Crippen LogP contribution in [0, 0.1) is 0 Å². The van der Waals surface area contributed by atoms with Gasteiger partial charge in [0.2, 0.25) is 10.0 Å². The van der Waals surface area contributed by atoms with Gasteiger partial charge in [-0.1, -0.05) is 30.3 Å². The van der Waals surface area contributed by atoms with Crippen molar-refractivity contribution in [2.75, 3.05) is 0 Å². The lowest BCUT2D eigenvalue weighted by molar-refractivity contribution is -0.115. The maximum atomic E-state index is 12.2. The molecule has 1 fully saturated rings. The summed E-state index contributed by atoms with van der Waals surface area (Å²) < 4.78 is 28.5. The molecular weight excluding hydrogens is 436 g/mol. The van der Waals surface area contributed by atoms with Gasteiger partial charge in [-0.15, -0.1) is 5.10 Å². The highest BCUT2D eigenvalue weighted by Crippen LogP contribution is 2.29. The third-order valence-electron chi connectivity index (χ3n) is 4.17. The first kappa shape index (κ1) is 20.8. The van der Waals surface area contributed by atoms with Crippen LogP contribution in [0.4, 0.5) is 0 Å². The number of nitrogens with one attached hydrogen (secondary N) is 1. The highest BCUT2D eigenvalue weighted by Gasteiger charge is 2.24. The maximum absolute atomic E-state index is 12.2. The number of rotatable bonds is 5. The van der Waals surface area contributed by atoms with Crippen LogP contribution in [0.1, 0.15) is 11.3 Å². The Labute approximate surface area is 182 Å². The number of nitrogens with zero attached hydrogens (tertiary/aromatic N) is 2. The van der Waals surface area contributed by atoms with Crippen LogP contribution in [-0.2, 0) is 14.8 Å². The molecule has 0 atom stereocenters. The summed E-state index contributed by atoms with van der Waals surface area (Å²) in [6, 6.07) is 19.0. The molecule has 4 rings (SSSR count). The molecule has 0 radical (unpaired) electrons. The monoisotopic (exact) mass is 452 g/mol. The normalized spacial score (nSPS) is 17.0. The number of carbonyl (C=O) groups excluding carboxylic acids is 1. The fourth-order valence-corrected chi connectivity index (χ4v) is 3.96. The molecule has 1 saturated heterocycles. The van der Waals surface area contributed by atoms with Crippen LogP contribution in [0.25, 0.3) is 17.4 Å². The Kier molecular flexibility index (Phi) is 5.85. The molecule has 0 aliphatic carbocycles. The molecule has 31 heavy (non-hydrogen) atoms. The highest BCUT2D eigenvalue weighted by atomic mass is 32.2. The number of carbonyl (C=O) groups is 1. The Morgan fingerprint density at radius 3 is 2.45 bits per heavy atom. The van der Waals surface area contributed by atoms with E-state index in [1.54, 1.807) is 36.6 Å². The van der Waals surface area contributed by atoms with Crippen molar-refractivity contribution < 1.29 is 17.6 Å². The number of primary sulfonamides is 1. The molecule has 3 aromatic rings. The van der Waals surface area contributed by atoms with Gasteiger partial charge in [0.15, 0.2) is 5.17 Å². The zero-order valence-electron chi connectivity index (χ0n) is 15.9. The van der Waals surface area contributed by atoms with Crippen molar-refractivity contribution in [2.24, 2.45) is 15.3 Å². The van der Waals surface area contributed by atoms with E-state index < -0.39 is 10.0 Å². The summed E-state index contributed by atoms with van der Waals surface area (Å²) in [5.41, 5.74) is 1.58. The van der Waals surface area contributed by atoms with Gasteiger partial charge >= 0.3 is 0 Å². The fourth-order valence-electron chi connectivity index (χ4n) is 2.69. The second-order valence-corrected chi connectivity index (χ2v) is 8.99. The van der Waals surface area contributed by atoms with E-state index >= 15 is 0 Å². The number of amidine groups is 1. The Bertz CT molecular complexity index is 1310. The SMILES string of the molecule is NS(=O)(=O)c1ccc(-c2ccc(/C=C3/S/C(=N/N=C/c4ccccc4)NC3=O)o2)cc1. The minimum Gasteiger partial charge on any atom is -0.457 e. The molecule has 0 bridgehead atoms. The number of benzene rings is 2. The standard InChI is InChI=1S/C21H16N4O4S2/c22-31(27,28)17-9-6-15(7-10-17)18-11-8-16(29-18)12-19-20(26)24-21(30-19)25-23-13-14-4-2-1-3-5-14/h1-13H,(H2,22,27,28)(H,24,25,26)/b19-12+,23-13+. The van der Waals surface area contributed by atoms with E-state index in [2.05, 4.69) is 15.5 Å². The molecule has 2 aromatic carbocycles. The molecule has 1 aliphatic rings. The lowest BCUT2D eigenvalue weighted by Crippen LogP contribution is -2.19. The van der Waals surface area contributed by atoms with Gasteiger partial charge in [0.25, 0.3) is 5.91 Å². The van der Waals surface area contributed by atoms with Gasteiger partial charge in [0, 0.05) is 11.6 Å². The quantitative estimate of drug-likeness (QED) is 0.349. The summed E-state index contributed by atoms with van der Waals surface area (Å²) in [5, 5.41) is 16.1. The molecule has 1 amide bonds. The lowest BCUT2D eigenvalue weighted by atomic mass is 10.2. The number of thioether (sulfide) groups is 1. The van der Waals surface area contributed by atoms with E-state index in [0.29, 0.717) is 27.2 Å². The number of hydrogen-bond acceptors (Lipinski definition) is 7.